The molecule has 0 bridgehead atoms. The lowest BCUT2D eigenvalue weighted by molar-refractivity contribution is 0.0617. The van der Waals surface area contributed by atoms with E-state index in [9.17, 15) is 0 Å². The molecule has 1 atom stereocenters. The van der Waals surface area contributed by atoms with Crippen LogP contribution in [-0.4, -0.2) is 20.3 Å². The summed E-state index contributed by atoms with van der Waals surface area (Å²) >= 11 is 5.33. The molecule has 114 valence electrons. The van der Waals surface area contributed by atoms with Crippen LogP contribution in [0, 0.1) is 0 Å². The standard InChI is InChI=1S/C16H20BrNO2S/c1-12(16-15(17)6-9-21-16)18-14-5-3-4-13(10-14)11-20-8-7-19-2/h3-6,9-10,12,18H,7-8,11H2,1-2H3. The number of ether oxygens (including phenoxy) is 2. The van der Waals surface area contributed by atoms with Gasteiger partial charge >= 0.3 is 0 Å². The van der Waals surface area contributed by atoms with Crippen molar-refractivity contribution in [2.45, 2.75) is 19.6 Å². The third-order valence-corrected chi connectivity index (χ3v) is 5.10. The monoisotopic (exact) mass is 369 g/mol. The molecule has 0 saturated heterocycles. The molecule has 2 rings (SSSR count). The van der Waals surface area contributed by atoms with Gasteiger partial charge in [-0.3, -0.25) is 0 Å². The first-order valence-electron chi connectivity index (χ1n) is 6.85. The minimum absolute atomic E-state index is 0.268. The van der Waals surface area contributed by atoms with Gasteiger partial charge in [-0.05, 0) is 52.0 Å². The van der Waals surface area contributed by atoms with E-state index in [1.54, 1.807) is 18.4 Å². The summed E-state index contributed by atoms with van der Waals surface area (Å²) in [6.07, 6.45) is 0. The Bertz CT molecular complexity index is 559. The van der Waals surface area contributed by atoms with Crippen molar-refractivity contribution in [2.24, 2.45) is 0 Å². The highest BCUT2D eigenvalue weighted by Gasteiger charge is 2.10. The predicted octanol–water partition coefficient (Wildman–Crippen LogP) is 4.85. The zero-order valence-corrected chi connectivity index (χ0v) is 14.7. The van der Waals surface area contributed by atoms with E-state index in [0.29, 0.717) is 19.8 Å². The molecule has 0 aliphatic rings. The summed E-state index contributed by atoms with van der Waals surface area (Å²) in [5.41, 5.74) is 2.27. The first-order chi connectivity index (χ1) is 10.2. The number of rotatable bonds is 8. The van der Waals surface area contributed by atoms with Crippen LogP contribution >= 0.6 is 27.3 Å². The molecule has 0 fully saturated rings. The maximum absolute atomic E-state index is 5.55. The van der Waals surface area contributed by atoms with Gasteiger partial charge in [0.2, 0.25) is 0 Å². The highest BCUT2D eigenvalue weighted by Crippen LogP contribution is 2.31. The summed E-state index contributed by atoms with van der Waals surface area (Å²) in [6, 6.07) is 10.7. The van der Waals surface area contributed by atoms with E-state index in [1.807, 2.05) is 6.07 Å². The van der Waals surface area contributed by atoms with E-state index >= 15 is 0 Å². The molecule has 2 aromatic rings. The maximum Gasteiger partial charge on any atom is 0.0718 e. The number of benzene rings is 1. The summed E-state index contributed by atoms with van der Waals surface area (Å²) < 4.78 is 11.7. The van der Waals surface area contributed by atoms with Crippen LogP contribution in [0.15, 0.2) is 40.2 Å². The summed E-state index contributed by atoms with van der Waals surface area (Å²) in [5, 5.41) is 5.62. The predicted molar refractivity (Wildman–Crippen MR) is 92.0 cm³/mol. The molecular weight excluding hydrogens is 350 g/mol. The molecule has 5 heteroatoms. The molecule has 0 aliphatic heterocycles. The van der Waals surface area contributed by atoms with Crippen LogP contribution in [0.1, 0.15) is 23.4 Å². The van der Waals surface area contributed by atoms with Gasteiger partial charge in [0.1, 0.15) is 0 Å². The zero-order valence-electron chi connectivity index (χ0n) is 12.3. The van der Waals surface area contributed by atoms with Gasteiger partial charge in [-0.15, -0.1) is 11.3 Å². The molecule has 1 aromatic carbocycles. The molecule has 0 aliphatic carbocycles. The van der Waals surface area contributed by atoms with Crippen molar-refractivity contribution in [3.8, 4) is 0 Å². The second-order valence-corrected chi connectivity index (χ2v) is 6.55. The average Bonchev–Trinajstić information content (AvgIpc) is 2.90. The third-order valence-electron chi connectivity index (χ3n) is 3.05. The fourth-order valence-corrected chi connectivity index (χ4v) is 3.74. The SMILES string of the molecule is COCCOCc1cccc(NC(C)c2sccc2Br)c1. The molecule has 1 N–H and O–H groups in total. The first-order valence-corrected chi connectivity index (χ1v) is 8.53. The van der Waals surface area contributed by atoms with Gasteiger partial charge in [-0.1, -0.05) is 12.1 Å². The molecule has 21 heavy (non-hydrogen) atoms. The Morgan fingerprint density at radius 3 is 2.86 bits per heavy atom. The molecule has 1 aromatic heterocycles. The van der Waals surface area contributed by atoms with E-state index in [4.69, 9.17) is 9.47 Å². The Morgan fingerprint density at radius 2 is 2.14 bits per heavy atom. The first kappa shape index (κ1) is 16.5. The van der Waals surface area contributed by atoms with Crippen LogP contribution in [0.4, 0.5) is 5.69 Å². The Labute approximate surface area is 138 Å². The van der Waals surface area contributed by atoms with Gasteiger partial charge in [0.15, 0.2) is 0 Å². The largest absolute Gasteiger partial charge is 0.382 e. The summed E-state index contributed by atoms with van der Waals surface area (Å²) in [6.45, 7) is 4.02. The lowest BCUT2D eigenvalue weighted by Gasteiger charge is -2.15. The number of halogens is 1. The van der Waals surface area contributed by atoms with Gasteiger partial charge in [0.25, 0.3) is 0 Å². The van der Waals surface area contributed by atoms with Gasteiger partial charge < -0.3 is 14.8 Å². The fraction of sp³-hybridized carbons (Fsp3) is 0.375. The summed E-state index contributed by atoms with van der Waals surface area (Å²) in [5.74, 6) is 0. The Kier molecular flexibility index (Phi) is 6.70. The summed E-state index contributed by atoms with van der Waals surface area (Å²) in [7, 11) is 1.68. The number of hydrogen-bond acceptors (Lipinski definition) is 4. The van der Waals surface area contributed by atoms with E-state index in [-0.39, 0.29) is 6.04 Å². The number of nitrogens with one attached hydrogen (secondary N) is 1. The molecular formula is C16H20BrNO2S. The second-order valence-electron chi connectivity index (χ2n) is 4.74. The Morgan fingerprint density at radius 1 is 1.29 bits per heavy atom. The highest BCUT2D eigenvalue weighted by molar-refractivity contribution is 9.10. The molecule has 0 spiro atoms. The van der Waals surface area contributed by atoms with Crippen LogP contribution in [0.5, 0.6) is 0 Å². The summed E-state index contributed by atoms with van der Waals surface area (Å²) in [4.78, 5) is 1.30. The molecule has 1 unspecified atom stereocenters. The van der Waals surface area contributed by atoms with Crippen molar-refractivity contribution < 1.29 is 9.47 Å². The molecule has 0 amide bonds. The normalized spacial score (nSPS) is 12.3. The highest BCUT2D eigenvalue weighted by atomic mass is 79.9. The fourth-order valence-electron chi connectivity index (χ4n) is 2.01. The second kappa shape index (κ2) is 8.54. The smallest absolute Gasteiger partial charge is 0.0718 e. The van der Waals surface area contributed by atoms with Gasteiger partial charge in [0, 0.05) is 22.1 Å². The number of methoxy groups -OCH3 is 1. The van der Waals surface area contributed by atoms with Gasteiger partial charge in [-0.25, -0.2) is 0 Å². The van der Waals surface area contributed by atoms with Crippen LogP contribution in [0.2, 0.25) is 0 Å². The van der Waals surface area contributed by atoms with Gasteiger partial charge in [0.05, 0.1) is 25.9 Å². The minimum Gasteiger partial charge on any atom is -0.382 e. The van der Waals surface area contributed by atoms with E-state index < -0.39 is 0 Å². The molecule has 1 heterocycles. The van der Waals surface area contributed by atoms with Crippen molar-refractivity contribution in [2.75, 3.05) is 25.6 Å². The number of hydrogen-bond donors (Lipinski definition) is 1. The molecule has 3 nitrogen and oxygen atoms in total. The third kappa shape index (κ3) is 5.11. The van der Waals surface area contributed by atoms with Crippen molar-refractivity contribution in [3.05, 3.63) is 50.6 Å². The topological polar surface area (TPSA) is 30.5 Å². The van der Waals surface area contributed by atoms with Crippen LogP contribution in [0.25, 0.3) is 0 Å². The van der Waals surface area contributed by atoms with E-state index in [2.05, 4.69) is 57.8 Å². The number of anilines is 1. The van der Waals surface area contributed by atoms with Crippen molar-refractivity contribution in [3.63, 3.8) is 0 Å². The lowest BCUT2D eigenvalue weighted by Crippen LogP contribution is -2.06. The Balaban J connectivity index is 1.93. The average molecular weight is 370 g/mol. The quantitative estimate of drug-likeness (QED) is 0.674. The van der Waals surface area contributed by atoms with Crippen molar-refractivity contribution >= 4 is 33.0 Å². The van der Waals surface area contributed by atoms with Crippen LogP contribution in [0.3, 0.4) is 0 Å². The van der Waals surface area contributed by atoms with E-state index in [0.717, 1.165) is 15.7 Å². The Hall–Kier alpha value is -0.880. The zero-order chi connectivity index (χ0) is 15.1. The van der Waals surface area contributed by atoms with E-state index in [1.165, 1.54) is 4.88 Å². The van der Waals surface area contributed by atoms with Crippen molar-refractivity contribution in [1.82, 2.24) is 0 Å². The minimum atomic E-state index is 0.268. The van der Waals surface area contributed by atoms with Gasteiger partial charge in [-0.2, -0.15) is 0 Å². The van der Waals surface area contributed by atoms with Crippen LogP contribution in [-0.2, 0) is 16.1 Å². The molecule has 0 radical (unpaired) electrons. The maximum atomic E-state index is 5.55. The van der Waals surface area contributed by atoms with Crippen molar-refractivity contribution in [1.29, 1.82) is 0 Å². The van der Waals surface area contributed by atoms with Crippen LogP contribution < -0.4 is 5.32 Å². The lowest BCUT2D eigenvalue weighted by atomic mass is 10.2. The number of thiophene rings is 1. The molecule has 0 saturated carbocycles.